The zero-order valence-electron chi connectivity index (χ0n) is 15.3. The van der Waals surface area contributed by atoms with E-state index in [1.54, 1.807) is 26.0 Å². The van der Waals surface area contributed by atoms with Crippen LogP contribution in [0.3, 0.4) is 0 Å². The van der Waals surface area contributed by atoms with Crippen LogP contribution in [0.5, 0.6) is 0 Å². The Morgan fingerprint density at radius 1 is 1.12 bits per heavy atom. The number of fused-ring (bicyclic) bond motifs is 1. The number of nitrogens with zero attached hydrogens (tertiary/aromatic N) is 1. The normalized spacial score (nSPS) is 19.2. The Kier molecular flexibility index (Phi) is 4.51. The SMILES string of the molecule is CC(C)c1c([C@H](N2CC(C)(C)C(=O)N2)C(F)(F)F)ccc2ccccc12. The molecule has 0 saturated carbocycles. The van der Waals surface area contributed by atoms with Crippen LogP contribution in [0.4, 0.5) is 13.2 Å². The molecule has 0 unspecified atom stereocenters. The molecule has 2 aromatic rings. The Morgan fingerprint density at radius 3 is 2.31 bits per heavy atom. The summed E-state index contributed by atoms with van der Waals surface area (Å²) in [5.74, 6) is -0.481. The van der Waals surface area contributed by atoms with Crippen molar-refractivity contribution in [3.05, 3.63) is 47.5 Å². The molecule has 2 aromatic carbocycles. The highest BCUT2D eigenvalue weighted by Crippen LogP contribution is 2.44. The number of carbonyl (C=O) groups is 1. The largest absolute Gasteiger partial charge is 0.409 e. The molecule has 1 aliphatic rings. The fourth-order valence-corrected chi connectivity index (χ4v) is 3.69. The Hall–Kier alpha value is -2.08. The number of hydrazine groups is 1. The van der Waals surface area contributed by atoms with E-state index in [0.717, 1.165) is 15.8 Å². The number of benzene rings is 2. The number of hydrogen-bond donors (Lipinski definition) is 1. The molecular weight excluding hydrogens is 341 g/mol. The van der Waals surface area contributed by atoms with Crippen LogP contribution in [-0.2, 0) is 4.79 Å². The molecule has 3 rings (SSSR count). The third kappa shape index (κ3) is 3.18. The maximum atomic E-state index is 14.1. The molecule has 140 valence electrons. The molecule has 1 heterocycles. The van der Waals surface area contributed by atoms with E-state index >= 15 is 0 Å². The summed E-state index contributed by atoms with van der Waals surface area (Å²) in [5.41, 5.74) is 2.44. The van der Waals surface area contributed by atoms with Crippen molar-refractivity contribution in [3.8, 4) is 0 Å². The number of rotatable bonds is 3. The summed E-state index contributed by atoms with van der Waals surface area (Å²) < 4.78 is 42.3. The van der Waals surface area contributed by atoms with Gasteiger partial charge in [0.05, 0.1) is 5.41 Å². The Labute approximate surface area is 151 Å². The van der Waals surface area contributed by atoms with E-state index in [-0.39, 0.29) is 18.0 Å². The van der Waals surface area contributed by atoms with Gasteiger partial charge in [-0.2, -0.15) is 13.2 Å². The molecule has 0 aliphatic carbocycles. The first-order valence-corrected chi connectivity index (χ1v) is 8.68. The molecule has 1 atom stereocenters. The molecule has 0 bridgehead atoms. The zero-order valence-corrected chi connectivity index (χ0v) is 15.3. The van der Waals surface area contributed by atoms with Crippen molar-refractivity contribution < 1.29 is 18.0 Å². The highest BCUT2D eigenvalue weighted by atomic mass is 19.4. The van der Waals surface area contributed by atoms with Gasteiger partial charge in [0.2, 0.25) is 5.91 Å². The van der Waals surface area contributed by atoms with Gasteiger partial charge in [0.15, 0.2) is 0 Å². The Morgan fingerprint density at radius 2 is 1.77 bits per heavy atom. The van der Waals surface area contributed by atoms with Crippen LogP contribution >= 0.6 is 0 Å². The summed E-state index contributed by atoms with van der Waals surface area (Å²) in [7, 11) is 0. The summed E-state index contributed by atoms with van der Waals surface area (Å²) in [5, 5.41) is 2.77. The lowest BCUT2D eigenvalue weighted by atomic mass is 9.87. The number of carbonyl (C=O) groups excluding carboxylic acids is 1. The van der Waals surface area contributed by atoms with Crippen LogP contribution in [0.1, 0.15) is 50.8 Å². The van der Waals surface area contributed by atoms with Crippen LogP contribution in [0.25, 0.3) is 10.8 Å². The van der Waals surface area contributed by atoms with Gasteiger partial charge < -0.3 is 0 Å². The summed E-state index contributed by atoms with van der Waals surface area (Å²) in [4.78, 5) is 12.1. The minimum Gasteiger partial charge on any atom is -0.287 e. The van der Waals surface area contributed by atoms with Crippen molar-refractivity contribution >= 4 is 16.7 Å². The van der Waals surface area contributed by atoms with Gasteiger partial charge in [-0.1, -0.05) is 50.2 Å². The van der Waals surface area contributed by atoms with Crippen molar-refractivity contribution in [2.75, 3.05) is 6.54 Å². The maximum Gasteiger partial charge on any atom is 0.409 e. The number of amides is 1. The van der Waals surface area contributed by atoms with Crippen LogP contribution in [0.2, 0.25) is 0 Å². The molecule has 1 fully saturated rings. The first kappa shape index (κ1) is 18.7. The molecule has 1 amide bonds. The number of halogens is 3. The third-order valence-electron chi connectivity index (χ3n) is 4.92. The second-order valence-electron chi connectivity index (χ2n) is 7.84. The molecule has 6 heteroatoms. The number of hydrogen-bond acceptors (Lipinski definition) is 2. The molecule has 1 aliphatic heterocycles. The van der Waals surface area contributed by atoms with Gasteiger partial charge in [-0.15, -0.1) is 0 Å². The van der Waals surface area contributed by atoms with Crippen LogP contribution < -0.4 is 5.43 Å². The van der Waals surface area contributed by atoms with E-state index in [4.69, 9.17) is 0 Å². The fraction of sp³-hybridized carbons (Fsp3) is 0.450. The highest BCUT2D eigenvalue weighted by Gasteiger charge is 2.51. The van der Waals surface area contributed by atoms with Crippen molar-refractivity contribution in [3.63, 3.8) is 0 Å². The highest BCUT2D eigenvalue weighted by molar-refractivity contribution is 5.87. The summed E-state index contributed by atoms with van der Waals surface area (Å²) in [6.07, 6.45) is -4.51. The quantitative estimate of drug-likeness (QED) is 0.837. The summed E-state index contributed by atoms with van der Waals surface area (Å²) >= 11 is 0. The lowest BCUT2D eigenvalue weighted by molar-refractivity contribution is -0.191. The van der Waals surface area contributed by atoms with Gasteiger partial charge in [0.25, 0.3) is 0 Å². The van der Waals surface area contributed by atoms with Gasteiger partial charge in [-0.3, -0.25) is 10.2 Å². The minimum atomic E-state index is -4.51. The van der Waals surface area contributed by atoms with Gasteiger partial charge in [-0.05, 0) is 41.7 Å². The van der Waals surface area contributed by atoms with Crippen LogP contribution in [0, 0.1) is 5.41 Å². The third-order valence-corrected chi connectivity index (χ3v) is 4.92. The predicted molar refractivity (Wildman–Crippen MR) is 95.5 cm³/mol. The lowest BCUT2D eigenvalue weighted by Gasteiger charge is -2.32. The average molecular weight is 364 g/mol. The van der Waals surface area contributed by atoms with Crippen LogP contribution in [-0.4, -0.2) is 23.6 Å². The smallest absolute Gasteiger partial charge is 0.287 e. The van der Waals surface area contributed by atoms with E-state index < -0.39 is 23.5 Å². The maximum absolute atomic E-state index is 14.1. The molecule has 1 saturated heterocycles. The Bertz CT molecular complexity index is 843. The number of nitrogens with one attached hydrogen (secondary N) is 1. The molecule has 3 nitrogen and oxygen atoms in total. The zero-order chi connectivity index (χ0) is 19.3. The Balaban J connectivity index is 2.20. The van der Waals surface area contributed by atoms with Crippen molar-refractivity contribution in [1.29, 1.82) is 0 Å². The van der Waals surface area contributed by atoms with E-state index in [1.807, 2.05) is 38.1 Å². The van der Waals surface area contributed by atoms with Gasteiger partial charge >= 0.3 is 6.18 Å². The van der Waals surface area contributed by atoms with E-state index in [2.05, 4.69) is 5.43 Å². The number of alkyl halides is 3. The monoisotopic (exact) mass is 364 g/mol. The first-order valence-electron chi connectivity index (χ1n) is 8.68. The molecular formula is C20H23F3N2O. The topological polar surface area (TPSA) is 32.3 Å². The van der Waals surface area contributed by atoms with E-state index in [0.29, 0.717) is 5.56 Å². The molecule has 0 radical (unpaired) electrons. The van der Waals surface area contributed by atoms with Gasteiger partial charge in [-0.25, -0.2) is 5.01 Å². The first-order chi connectivity index (χ1) is 12.0. The second-order valence-corrected chi connectivity index (χ2v) is 7.84. The molecule has 1 N–H and O–H groups in total. The predicted octanol–water partition coefficient (Wildman–Crippen LogP) is 4.94. The fourth-order valence-electron chi connectivity index (χ4n) is 3.69. The lowest BCUT2D eigenvalue weighted by Crippen LogP contribution is -2.44. The van der Waals surface area contributed by atoms with Crippen LogP contribution in [0.15, 0.2) is 36.4 Å². The van der Waals surface area contributed by atoms with Crippen molar-refractivity contribution in [1.82, 2.24) is 10.4 Å². The minimum absolute atomic E-state index is 0.000369. The second kappa shape index (κ2) is 6.27. The van der Waals surface area contributed by atoms with Crippen molar-refractivity contribution in [2.45, 2.75) is 45.8 Å². The summed E-state index contributed by atoms with van der Waals surface area (Å²) in [6, 6.07) is 8.85. The van der Waals surface area contributed by atoms with E-state index in [1.165, 1.54) is 0 Å². The average Bonchev–Trinajstić information content (AvgIpc) is 2.78. The van der Waals surface area contributed by atoms with Gasteiger partial charge in [0, 0.05) is 6.54 Å². The standard InChI is InChI=1S/C20H23F3N2O/c1-12(2)16-14-8-6-5-7-13(14)9-10-15(16)17(20(21,22)23)25-11-19(3,4)18(26)24-25/h5-10,12,17H,11H2,1-4H3,(H,24,26)/t17-/m0/s1. The molecule has 26 heavy (non-hydrogen) atoms. The molecule has 0 spiro atoms. The van der Waals surface area contributed by atoms with Gasteiger partial charge in [0.1, 0.15) is 6.04 Å². The van der Waals surface area contributed by atoms with Crippen molar-refractivity contribution in [2.24, 2.45) is 5.41 Å². The summed E-state index contributed by atoms with van der Waals surface area (Å²) in [6.45, 7) is 7.09. The molecule has 0 aromatic heterocycles. The van der Waals surface area contributed by atoms with E-state index in [9.17, 15) is 18.0 Å².